The summed E-state index contributed by atoms with van der Waals surface area (Å²) in [5.74, 6) is 0. The van der Waals surface area contributed by atoms with E-state index in [-0.39, 0.29) is 6.61 Å². The van der Waals surface area contributed by atoms with Gasteiger partial charge >= 0.3 is 0 Å². The number of anilines is 1. The number of aliphatic hydroxyl groups is 1. The lowest BCUT2D eigenvalue weighted by Gasteiger charge is -2.06. The van der Waals surface area contributed by atoms with Gasteiger partial charge in [0.05, 0.1) is 17.6 Å². The van der Waals surface area contributed by atoms with Crippen molar-refractivity contribution in [1.29, 1.82) is 0 Å². The SMILES string of the molecule is Cc1nscc1CNc1ccc(CCO)nc1. The van der Waals surface area contributed by atoms with Crippen LogP contribution in [0.3, 0.4) is 0 Å². The first-order chi connectivity index (χ1) is 8.29. The highest BCUT2D eigenvalue weighted by atomic mass is 32.1. The van der Waals surface area contributed by atoms with Gasteiger partial charge in [0.25, 0.3) is 0 Å². The molecule has 0 aliphatic rings. The minimum Gasteiger partial charge on any atom is -0.396 e. The van der Waals surface area contributed by atoms with Gasteiger partial charge in [-0.25, -0.2) is 0 Å². The Bertz CT molecular complexity index is 467. The molecule has 0 fully saturated rings. The second kappa shape index (κ2) is 5.75. The molecule has 0 saturated carbocycles. The van der Waals surface area contributed by atoms with Crippen molar-refractivity contribution in [3.63, 3.8) is 0 Å². The molecule has 0 spiro atoms. The topological polar surface area (TPSA) is 58.0 Å². The van der Waals surface area contributed by atoms with Gasteiger partial charge in [-0.15, -0.1) is 0 Å². The normalized spacial score (nSPS) is 10.5. The van der Waals surface area contributed by atoms with Crippen LogP contribution in [-0.4, -0.2) is 21.1 Å². The summed E-state index contributed by atoms with van der Waals surface area (Å²) in [6.45, 7) is 2.92. The van der Waals surface area contributed by atoms with Gasteiger partial charge in [-0.2, -0.15) is 4.37 Å². The van der Waals surface area contributed by atoms with Crippen LogP contribution in [0.1, 0.15) is 17.0 Å². The minimum absolute atomic E-state index is 0.138. The lowest BCUT2D eigenvalue weighted by Crippen LogP contribution is -2.01. The highest BCUT2D eigenvalue weighted by Crippen LogP contribution is 2.13. The van der Waals surface area contributed by atoms with E-state index < -0.39 is 0 Å². The summed E-state index contributed by atoms with van der Waals surface area (Å²) in [4.78, 5) is 4.26. The number of rotatable bonds is 5. The van der Waals surface area contributed by atoms with Crippen LogP contribution in [-0.2, 0) is 13.0 Å². The lowest BCUT2D eigenvalue weighted by atomic mass is 10.2. The van der Waals surface area contributed by atoms with Crippen molar-refractivity contribution in [3.8, 4) is 0 Å². The number of aryl methyl sites for hydroxylation is 1. The van der Waals surface area contributed by atoms with E-state index >= 15 is 0 Å². The van der Waals surface area contributed by atoms with Gasteiger partial charge in [0.2, 0.25) is 0 Å². The van der Waals surface area contributed by atoms with Gasteiger partial charge in [-0.3, -0.25) is 4.98 Å². The van der Waals surface area contributed by atoms with E-state index in [1.807, 2.05) is 19.1 Å². The van der Waals surface area contributed by atoms with Crippen LogP contribution in [0.25, 0.3) is 0 Å². The fourth-order valence-electron chi connectivity index (χ4n) is 1.47. The standard InChI is InChI=1S/C12H15N3OS/c1-9-10(8-17-15-9)6-13-12-3-2-11(4-5-16)14-7-12/h2-3,7-8,13,16H,4-6H2,1H3. The van der Waals surface area contributed by atoms with Gasteiger partial charge in [-0.1, -0.05) is 0 Å². The molecule has 0 saturated heterocycles. The monoisotopic (exact) mass is 249 g/mol. The first-order valence-corrected chi connectivity index (χ1v) is 6.33. The maximum atomic E-state index is 8.79. The molecule has 4 nitrogen and oxygen atoms in total. The van der Waals surface area contributed by atoms with E-state index in [4.69, 9.17) is 5.11 Å². The Hall–Kier alpha value is -1.46. The predicted molar refractivity (Wildman–Crippen MR) is 69.2 cm³/mol. The number of aliphatic hydroxyl groups excluding tert-OH is 1. The first kappa shape index (κ1) is 12.0. The van der Waals surface area contributed by atoms with Crippen molar-refractivity contribution in [2.75, 3.05) is 11.9 Å². The molecule has 2 aromatic rings. The van der Waals surface area contributed by atoms with Gasteiger partial charge in [-0.05, 0) is 30.6 Å². The van der Waals surface area contributed by atoms with Crippen LogP contribution >= 0.6 is 11.5 Å². The van der Waals surface area contributed by atoms with Gasteiger partial charge in [0, 0.05) is 36.2 Å². The Morgan fingerprint density at radius 2 is 2.29 bits per heavy atom. The fourth-order valence-corrected chi connectivity index (χ4v) is 2.18. The summed E-state index contributed by atoms with van der Waals surface area (Å²) >= 11 is 1.48. The second-order valence-electron chi connectivity index (χ2n) is 3.79. The third-order valence-corrected chi connectivity index (χ3v) is 3.29. The largest absolute Gasteiger partial charge is 0.396 e. The Morgan fingerprint density at radius 3 is 2.88 bits per heavy atom. The second-order valence-corrected chi connectivity index (χ2v) is 4.42. The quantitative estimate of drug-likeness (QED) is 0.851. The van der Waals surface area contributed by atoms with Gasteiger partial charge in [0.1, 0.15) is 0 Å². The summed E-state index contributed by atoms with van der Waals surface area (Å²) in [6, 6.07) is 3.91. The maximum Gasteiger partial charge on any atom is 0.0561 e. The molecule has 0 aromatic carbocycles. The summed E-state index contributed by atoms with van der Waals surface area (Å²) in [5, 5.41) is 14.1. The van der Waals surface area contributed by atoms with Crippen LogP contribution in [0.15, 0.2) is 23.7 Å². The molecule has 2 rings (SSSR count). The Kier molecular flexibility index (Phi) is 4.06. The zero-order valence-electron chi connectivity index (χ0n) is 9.68. The summed E-state index contributed by atoms with van der Waals surface area (Å²) in [6.07, 6.45) is 2.40. The van der Waals surface area contributed by atoms with Crippen LogP contribution in [0.2, 0.25) is 0 Å². The van der Waals surface area contributed by atoms with Crippen LogP contribution in [0, 0.1) is 6.92 Å². The van der Waals surface area contributed by atoms with E-state index in [0.29, 0.717) is 6.42 Å². The summed E-state index contributed by atoms with van der Waals surface area (Å²) in [7, 11) is 0. The van der Waals surface area contributed by atoms with Crippen LogP contribution < -0.4 is 5.32 Å². The van der Waals surface area contributed by atoms with E-state index in [0.717, 1.165) is 23.6 Å². The summed E-state index contributed by atoms with van der Waals surface area (Å²) < 4.78 is 4.23. The molecule has 17 heavy (non-hydrogen) atoms. The Balaban J connectivity index is 1.93. The molecule has 0 bridgehead atoms. The van der Waals surface area contributed by atoms with Gasteiger partial charge < -0.3 is 10.4 Å². The molecular weight excluding hydrogens is 234 g/mol. The fraction of sp³-hybridized carbons (Fsp3) is 0.333. The number of pyridine rings is 1. The summed E-state index contributed by atoms with van der Waals surface area (Å²) in [5.41, 5.74) is 4.19. The third kappa shape index (κ3) is 3.25. The molecule has 90 valence electrons. The van der Waals surface area contributed by atoms with Crippen molar-refractivity contribution in [1.82, 2.24) is 9.36 Å². The number of aromatic nitrogens is 2. The minimum atomic E-state index is 0.138. The zero-order chi connectivity index (χ0) is 12.1. The lowest BCUT2D eigenvalue weighted by molar-refractivity contribution is 0.298. The average Bonchev–Trinajstić information content (AvgIpc) is 2.75. The maximum absolute atomic E-state index is 8.79. The molecule has 0 amide bonds. The van der Waals surface area contributed by atoms with E-state index in [2.05, 4.69) is 20.1 Å². The van der Waals surface area contributed by atoms with E-state index in [9.17, 15) is 0 Å². The van der Waals surface area contributed by atoms with Gasteiger partial charge in [0.15, 0.2) is 0 Å². The molecule has 0 radical (unpaired) electrons. The molecular formula is C12H15N3OS. The molecule has 0 aliphatic heterocycles. The molecule has 2 aromatic heterocycles. The van der Waals surface area contributed by atoms with Crippen molar-refractivity contribution < 1.29 is 5.11 Å². The van der Waals surface area contributed by atoms with Crippen molar-refractivity contribution in [3.05, 3.63) is 40.7 Å². The highest BCUT2D eigenvalue weighted by Gasteiger charge is 2.01. The van der Waals surface area contributed by atoms with Crippen molar-refractivity contribution in [2.24, 2.45) is 0 Å². The number of hydrogen-bond donors (Lipinski definition) is 2. The molecule has 5 heteroatoms. The first-order valence-electron chi connectivity index (χ1n) is 5.49. The Labute approximate surface area is 105 Å². The van der Waals surface area contributed by atoms with E-state index in [1.165, 1.54) is 17.1 Å². The highest BCUT2D eigenvalue weighted by molar-refractivity contribution is 7.03. The third-order valence-electron chi connectivity index (χ3n) is 2.52. The average molecular weight is 249 g/mol. The van der Waals surface area contributed by atoms with Crippen LogP contribution in [0.5, 0.6) is 0 Å². The molecule has 2 heterocycles. The predicted octanol–water partition coefficient (Wildman–Crippen LogP) is 1.99. The van der Waals surface area contributed by atoms with Crippen LogP contribution in [0.4, 0.5) is 5.69 Å². The zero-order valence-corrected chi connectivity index (χ0v) is 10.5. The smallest absolute Gasteiger partial charge is 0.0561 e. The Morgan fingerprint density at radius 1 is 1.41 bits per heavy atom. The molecule has 0 aliphatic carbocycles. The van der Waals surface area contributed by atoms with E-state index in [1.54, 1.807) is 6.20 Å². The molecule has 2 N–H and O–H groups in total. The number of nitrogens with one attached hydrogen (secondary N) is 1. The van der Waals surface area contributed by atoms with Crippen molar-refractivity contribution in [2.45, 2.75) is 19.9 Å². The molecule has 0 atom stereocenters. The number of nitrogens with zero attached hydrogens (tertiary/aromatic N) is 2. The van der Waals surface area contributed by atoms with Crippen molar-refractivity contribution >= 4 is 17.2 Å². The molecule has 0 unspecified atom stereocenters. The number of hydrogen-bond acceptors (Lipinski definition) is 5.